The number of hydrogen-bond acceptors (Lipinski definition) is 7. The van der Waals surface area contributed by atoms with Crippen molar-refractivity contribution in [2.24, 2.45) is 0 Å². The summed E-state index contributed by atoms with van der Waals surface area (Å²) < 4.78 is 1.86. The number of fused-ring (bicyclic) bond motifs is 1. The summed E-state index contributed by atoms with van der Waals surface area (Å²) >= 11 is 6.64. The molecular formula is C22H20N4O3S2. The normalized spacial score (nSPS) is 16.3. The van der Waals surface area contributed by atoms with Crippen LogP contribution < -0.4 is 10.9 Å². The van der Waals surface area contributed by atoms with Crippen LogP contribution in [0.25, 0.3) is 11.7 Å². The number of thiocarbonyl (C=S) groups is 1. The van der Waals surface area contributed by atoms with Crippen LogP contribution >= 0.6 is 24.0 Å². The summed E-state index contributed by atoms with van der Waals surface area (Å²) in [7, 11) is 0. The summed E-state index contributed by atoms with van der Waals surface area (Å²) in [5, 5.41) is 12.2. The summed E-state index contributed by atoms with van der Waals surface area (Å²) in [6.07, 6.45) is 3.16. The van der Waals surface area contributed by atoms with E-state index in [1.807, 2.05) is 37.3 Å². The zero-order valence-electron chi connectivity index (χ0n) is 16.7. The first-order chi connectivity index (χ1) is 15.0. The minimum atomic E-state index is -0.313. The monoisotopic (exact) mass is 452 g/mol. The zero-order chi connectivity index (χ0) is 22.0. The summed E-state index contributed by atoms with van der Waals surface area (Å²) in [6.45, 7) is 2.03. The van der Waals surface area contributed by atoms with E-state index in [1.54, 1.807) is 29.3 Å². The molecule has 1 saturated heterocycles. The Labute approximate surface area is 188 Å². The highest BCUT2D eigenvalue weighted by atomic mass is 32.2. The third kappa shape index (κ3) is 4.12. The van der Waals surface area contributed by atoms with Gasteiger partial charge in [-0.25, -0.2) is 4.98 Å². The quantitative estimate of drug-likeness (QED) is 0.439. The van der Waals surface area contributed by atoms with Crippen LogP contribution in [-0.4, -0.2) is 42.8 Å². The second-order valence-electron chi connectivity index (χ2n) is 6.90. The third-order valence-corrected chi connectivity index (χ3v) is 6.27. The third-order valence-electron chi connectivity index (χ3n) is 4.94. The van der Waals surface area contributed by atoms with Crippen molar-refractivity contribution < 1.29 is 9.90 Å². The lowest BCUT2D eigenvalue weighted by Crippen LogP contribution is -2.31. The van der Waals surface area contributed by atoms with E-state index in [-0.39, 0.29) is 36.2 Å². The fourth-order valence-electron chi connectivity index (χ4n) is 3.37. The molecule has 1 fully saturated rings. The minimum absolute atomic E-state index is 0.119. The van der Waals surface area contributed by atoms with Gasteiger partial charge in [-0.15, -0.1) is 0 Å². The second-order valence-corrected chi connectivity index (χ2v) is 8.57. The molecule has 3 heterocycles. The standard InChI is InChI=1S/C22H20N4O3S2/c1-14(15-7-3-2-4-8-15)26-21(29)17(31-22(26)30)13-16-19(23-10-12-27)24-18-9-5-6-11-25(18)20(16)28/h2-9,11,13-14,23,27H,10,12H2,1H3/b17-13+/t14-/m1/s1. The molecule has 0 unspecified atom stereocenters. The van der Waals surface area contributed by atoms with Gasteiger partial charge in [-0.2, -0.15) is 0 Å². The van der Waals surface area contributed by atoms with E-state index in [9.17, 15) is 14.7 Å². The lowest BCUT2D eigenvalue weighted by atomic mass is 10.1. The van der Waals surface area contributed by atoms with E-state index in [2.05, 4.69) is 10.3 Å². The molecule has 1 aliphatic rings. The van der Waals surface area contributed by atoms with Gasteiger partial charge >= 0.3 is 0 Å². The van der Waals surface area contributed by atoms with E-state index < -0.39 is 0 Å². The highest BCUT2D eigenvalue weighted by Gasteiger charge is 2.36. The molecule has 0 saturated carbocycles. The molecule has 0 radical (unpaired) electrons. The van der Waals surface area contributed by atoms with Gasteiger partial charge < -0.3 is 10.4 Å². The molecule has 2 aromatic heterocycles. The SMILES string of the molecule is C[C@H](c1ccccc1)N1C(=O)/C(=C\c2c(NCCO)nc3ccccn3c2=O)SC1=S. The van der Waals surface area contributed by atoms with Crippen molar-refractivity contribution in [2.75, 3.05) is 18.5 Å². The Kier molecular flexibility index (Phi) is 6.17. The van der Waals surface area contributed by atoms with Crippen LogP contribution in [0.15, 0.2) is 64.4 Å². The fraction of sp³-hybridized carbons (Fsp3) is 0.182. The van der Waals surface area contributed by atoms with Gasteiger partial charge in [0.05, 0.1) is 23.1 Å². The maximum absolute atomic E-state index is 13.2. The molecule has 1 aliphatic heterocycles. The van der Waals surface area contributed by atoms with Gasteiger partial charge in [0.1, 0.15) is 15.8 Å². The van der Waals surface area contributed by atoms with Crippen molar-refractivity contribution in [3.63, 3.8) is 0 Å². The van der Waals surface area contributed by atoms with E-state index >= 15 is 0 Å². The summed E-state index contributed by atoms with van der Waals surface area (Å²) in [4.78, 5) is 32.7. The molecule has 1 aromatic carbocycles. The summed E-state index contributed by atoms with van der Waals surface area (Å²) in [6, 6.07) is 14.7. The van der Waals surface area contributed by atoms with Gasteiger partial charge in [0.25, 0.3) is 11.5 Å². The molecule has 0 aliphatic carbocycles. The summed E-state index contributed by atoms with van der Waals surface area (Å²) in [5.74, 6) is 0.0589. The van der Waals surface area contributed by atoms with E-state index in [4.69, 9.17) is 12.2 Å². The molecule has 9 heteroatoms. The van der Waals surface area contributed by atoms with E-state index in [0.717, 1.165) is 17.3 Å². The smallest absolute Gasteiger partial charge is 0.267 e. The first kappa shape index (κ1) is 21.2. The van der Waals surface area contributed by atoms with Crippen LogP contribution in [0.3, 0.4) is 0 Å². The second kappa shape index (κ2) is 9.01. The van der Waals surface area contributed by atoms with Crippen LogP contribution in [0.4, 0.5) is 5.82 Å². The van der Waals surface area contributed by atoms with Crippen molar-refractivity contribution in [1.29, 1.82) is 0 Å². The Morgan fingerprint density at radius 2 is 1.94 bits per heavy atom. The molecule has 0 bridgehead atoms. The molecule has 0 spiro atoms. The number of amides is 1. The maximum Gasteiger partial charge on any atom is 0.267 e. The molecule has 4 rings (SSSR count). The predicted molar refractivity (Wildman–Crippen MR) is 127 cm³/mol. The molecular weight excluding hydrogens is 432 g/mol. The van der Waals surface area contributed by atoms with Crippen molar-refractivity contribution in [1.82, 2.24) is 14.3 Å². The first-order valence-electron chi connectivity index (χ1n) is 9.69. The number of hydrogen-bond donors (Lipinski definition) is 2. The number of nitrogens with zero attached hydrogens (tertiary/aromatic N) is 3. The number of thioether (sulfide) groups is 1. The average molecular weight is 453 g/mol. The topological polar surface area (TPSA) is 86.9 Å². The first-order valence-corrected chi connectivity index (χ1v) is 10.9. The van der Waals surface area contributed by atoms with Crippen LogP contribution in [-0.2, 0) is 4.79 Å². The highest BCUT2D eigenvalue weighted by molar-refractivity contribution is 8.26. The Hall–Kier alpha value is -3.01. The van der Waals surface area contributed by atoms with Crippen molar-refractivity contribution in [2.45, 2.75) is 13.0 Å². The van der Waals surface area contributed by atoms with Crippen molar-refractivity contribution in [3.8, 4) is 0 Å². The Morgan fingerprint density at radius 3 is 2.68 bits per heavy atom. The predicted octanol–water partition coefficient (Wildman–Crippen LogP) is 3.06. The molecule has 2 N–H and O–H groups in total. The van der Waals surface area contributed by atoms with Crippen LogP contribution in [0.5, 0.6) is 0 Å². The molecule has 1 amide bonds. The number of carbonyl (C=O) groups excluding carboxylic acids is 1. The lowest BCUT2D eigenvalue weighted by molar-refractivity contribution is -0.123. The Bertz CT molecular complexity index is 1240. The molecule has 31 heavy (non-hydrogen) atoms. The van der Waals surface area contributed by atoms with Gasteiger partial charge in [-0.1, -0.05) is 60.4 Å². The number of pyridine rings is 1. The number of aliphatic hydroxyl groups excluding tert-OH is 1. The Balaban J connectivity index is 1.76. The molecule has 1 atom stereocenters. The highest BCUT2D eigenvalue weighted by Crippen LogP contribution is 2.38. The zero-order valence-corrected chi connectivity index (χ0v) is 18.3. The maximum atomic E-state index is 13.2. The number of nitrogens with one attached hydrogen (secondary N) is 1. The Morgan fingerprint density at radius 1 is 1.19 bits per heavy atom. The van der Waals surface area contributed by atoms with Crippen molar-refractivity contribution in [3.05, 3.63) is 81.1 Å². The number of benzene rings is 1. The van der Waals surface area contributed by atoms with Crippen LogP contribution in [0, 0.1) is 0 Å². The van der Waals surface area contributed by atoms with E-state index in [0.29, 0.717) is 20.7 Å². The number of aromatic nitrogens is 2. The average Bonchev–Trinajstić information content (AvgIpc) is 3.07. The largest absolute Gasteiger partial charge is 0.395 e. The summed E-state index contributed by atoms with van der Waals surface area (Å²) in [5.41, 5.74) is 1.37. The lowest BCUT2D eigenvalue weighted by Gasteiger charge is -2.23. The van der Waals surface area contributed by atoms with Gasteiger partial charge in [0.15, 0.2) is 0 Å². The number of rotatable bonds is 6. The molecule has 3 aromatic rings. The minimum Gasteiger partial charge on any atom is -0.395 e. The van der Waals surface area contributed by atoms with E-state index in [1.165, 1.54) is 10.5 Å². The number of anilines is 1. The molecule has 7 nitrogen and oxygen atoms in total. The van der Waals surface area contributed by atoms with Gasteiger partial charge in [-0.3, -0.25) is 18.9 Å². The van der Waals surface area contributed by atoms with Gasteiger partial charge in [0, 0.05) is 12.7 Å². The van der Waals surface area contributed by atoms with Crippen LogP contribution in [0.1, 0.15) is 24.1 Å². The number of aliphatic hydroxyl groups is 1. The van der Waals surface area contributed by atoms with Gasteiger partial charge in [-0.05, 0) is 30.7 Å². The number of carbonyl (C=O) groups is 1. The van der Waals surface area contributed by atoms with Crippen molar-refractivity contribution >= 4 is 51.7 Å². The molecule has 158 valence electrons. The van der Waals surface area contributed by atoms with Crippen LogP contribution in [0.2, 0.25) is 0 Å². The van der Waals surface area contributed by atoms with Gasteiger partial charge in [0.2, 0.25) is 0 Å². The fourth-order valence-corrected chi connectivity index (χ4v) is 4.77.